The Labute approximate surface area is 243 Å². The molecule has 0 spiro atoms. The molecule has 4 rings (SSSR count). The van der Waals surface area contributed by atoms with Crippen molar-refractivity contribution in [3.8, 4) is 5.75 Å². The maximum absolute atomic E-state index is 13.7. The van der Waals surface area contributed by atoms with Gasteiger partial charge in [0.15, 0.2) is 9.84 Å². The van der Waals surface area contributed by atoms with Crippen LogP contribution in [0.1, 0.15) is 89.5 Å². The molecule has 2 aliphatic rings. The number of aryl methyl sites for hydroxylation is 1. The van der Waals surface area contributed by atoms with Gasteiger partial charge in [-0.2, -0.15) is 0 Å². The predicted molar refractivity (Wildman–Crippen MR) is 160 cm³/mol. The van der Waals surface area contributed by atoms with E-state index in [2.05, 4.69) is 10.6 Å². The molecule has 2 saturated carbocycles. The lowest BCUT2D eigenvalue weighted by Gasteiger charge is -2.39. The fraction of sp³-hybridized carbons (Fsp3) is 0.548. The third-order valence-electron chi connectivity index (χ3n) is 8.64. The summed E-state index contributed by atoms with van der Waals surface area (Å²) < 4.78 is 26.4. The van der Waals surface area contributed by atoms with Gasteiger partial charge < -0.3 is 15.7 Å². The molecule has 0 saturated heterocycles. The molecule has 40 heavy (non-hydrogen) atoms. The SMILES string of the molecule is CCC(C(=O)Nc1cc(O)c(NC(=O)C2(CC3CCCCC3)CCCCC2)cc1Cl)S(=O)(=O)c1cccc(C)c1. The van der Waals surface area contributed by atoms with Crippen LogP contribution in [0.5, 0.6) is 5.75 Å². The maximum atomic E-state index is 13.7. The molecule has 0 radical (unpaired) electrons. The molecular formula is C31H41ClN2O5S. The molecule has 7 nitrogen and oxygen atoms in total. The van der Waals surface area contributed by atoms with E-state index in [-0.39, 0.29) is 39.4 Å². The summed E-state index contributed by atoms with van der Waals surface area (Å²) in [5, 5.41) is 15.1. The number of nitrogens with one attached hydrogen (secondary N) is 2. The van der Waals surface area contributed by atoms with Crippen LogP contribution in [-0.4, -0.2) is 30.6 Å². The van der Waals surface area contributed by atoms with Crippen LogP contribution in [0, 0.1) is 18.3 Å². The van der Waals surface area contributed by atoms with Crippen molar-refractivity contribution in [2.75, 3.05) is 10.6 Å². The molecule has 9 heteroatoms. The number of carbonyl (C=O) groups is 2. The summed E-state index contributed by atoms with van der Waals surface area (Å²) in [6.45, 7) is 3.42. The number of sulfone groups is 1. The Morgan fingerprint density at radius 1 is 1.00 bits per heavy atom. The second-order valence-electron chi connectivity index (χ2n) is 11.6. The number of amides is 2. The molecule has 3 N–H and O–H groups in total. The smallest absolute Gasteiger partial charge is 0.243 e. The van der Waals surface area contributed by atoms with Gasteiger partial charge in [-0.15, -0.1) is 0 Å². The van der Waals surface area contributed by atoms with E-state index in [0.29, 0.717) is 5.92 Å². The zero-order valence-electron chi connectivity index (χ0n) is 23.5. The second-order valence-corrected chi connectivity index (χ2v) is 14.1. The highest BCUT2D eigenvalue weighted by molar-refractivity contribution is 7.92. The van der Waals surface area contributed by atoms with E-state index in [1.54, 1.807) is 26.0 Å². The third-order valence-corrected chi connectivity index (χ3v) is 11.2. The molecule has 2 fully saturated rings. The first-order valence-electron chi connectivity index (χ1n) is 14.5. The zero-order chi connectivity index (χ0) is 28.9. The van der Waals surface area contributed by atoms with Crippen molar-refractivity contribution >= 4 is 44.6 Å². The molecule has 2 aliphatic carbocycles. The molecular weight excluding hydrogens is 548 g/mol. The Kier molecular flexibility index (Phi) is 9.83. The van der Waals surface area contributed by atoms with Gasteiger partial charge in [0.05, 0.1) is 21.3 Å². The highest BCUT2D eigenvalue weighted by Crippen LogP contribution is 2.46. The number of halogens is 1. The number of benzene rings is 2. The maximum Gasteiger partial charge on any atom is 0.243 e. The average molecular weight is 589 g/mol. The van der Waals surface area contributed by atoms with Crippen molar-refractivity contribution in [3.63, 3.8) is 0 Å². The van der Waals surface area contributed by atoms with Gasteiger partial charge in [-0.25, -0.2) is 8.42 Å². The molecule has 0 heterocycles. The quantitative estimate of drug-likeness (QED) is 0.264. The van der Waals surface area contributed by atoms with Crippen molar-refractivity contribution in [3.05, 3.63) is 47.0 Å². The molecule has 2 amide bonds. The van der Waals surface area contributed by atoms with Crippen molar-refractivity contribution in [1.29, 1.82) is 0 Å². The van der Waals surface area contributed by atoms with E-state index in [1.807, 2.05) is 0 Å². The van der Waals surface area contributed by atoms with E-state index < -0.39 is 26.4 Å². The summed E-state index contributed by atoms with van der Waals surface area (Å²) in [6.07, 6.45) is 11.8. The van der Waals surface area contributed by atoms with E-state index in [1.165, 1.54) is 56.4 Å². The lowest BCUT2D eigenvalue weighted by molar-refractivity contribution is -0.129. The summed E-state index contributed by atoms with van der Waals surface area (Å²) in [7, 11) is -3.95. The van der Waals surface area contributed by atoms with E-state index in [9.17, 15) is 23.1 Å². The Bertz CT molecular complexity index is 1330. The van der Waals surface area contributed by atoms with Gasteiger partial charge >= 0.3 is 0 Å². The average Bonchev–Trinajstić information content (AvgIpc) is 2.92. The van der Waals surface area contributed by atoms with Crippen LogP contribution in [0.2, 0.25) is 5.02 Å². The lowest BCUT2D eigenvalue weighted by atomic mass is 9.66. The lowest BCUT2D eigenvalue weighted by Crippen LogP contribution is -2.40. The first-order valence-corrected chi connectivity index (χ1v) is 16.4. The molecule has 2 aromatic rings. The topological polar surface area (TPSA) is 113 Å². The van der Waals surface area contributed by atoms with Crippen molar-refractivity contribution in [1.82, 2.24) is 0 Å². The Morgan fingerprint density at radius 2 is 1.68 bits per heavy atom. The van der Waals surface area contributed by atoms with Crippen LogP contribution in [0.15, 0.2) is 41.3 Å². The van der Waals surface area contributed by atoms with Gasteiger partial charge in [-0.05, 0) is 62.3 Å². The summed E-state index contributed by atoms with van der Waals surface area (Å²) in [5.74, 6) is -0.520. The van der Waals surface area contributed by atoms with Gasteiger partial charge in [-0.1, -0.05) is 82.0 Å². The molecule has 1 unspecified atom stereocenters. The van der Waals surface area contributed by atoms with Crippen molar-refractivity contribution < 1.29 is 23.1 Å². The molecule has 2 aromatic carbocycles. The summed E-state index contributed by atoms with van der Waals surface area (Å²) in [6, 6.07) is 9.11. The predicted octanol–water partition coefficient (Wildman–Crippen LogP) is 7.40. The third kappa shape index (κ3) is 6.82. The van der Waals surface area contributed by atoms with Crippen LogP contribution < -0.4 is 10.6 Å². The first-order chi connectivity index (χ1) is 19.1. The molecule has 218 valence electrons. The molecule has 0 aliphatic heterocycles. The van der Waals surface area contributed by atoms with E-state index in [4.69, 9.17) is 11.6 Å². The molecule has 0 bridgehead atoms. The number of rotatable bonds is 9. The molecule has 1 atom stereocenters. The summed E-state index contributed by atoms with van der Waals surface area (Å²) in [5.41, 5.74) is 0.580. The fourth-order valence-electron chi connectivity index (χ4n) is 6.42. The number of phenolic OH excluding ortho intramolecular Hbond substituents is 1. The fourth-order valence-corrected chi connectivity index (χ4v) is 8.36. The Hall–Kier alpha value is -2.58. The van der Waals surface area contributed by atoms with Crippen LogP contribution in [0.25, 0.3) is 0 Å². The van der Waals surface area contributed by atoms with E-state index >= 15 is 0 Å². The van der Waals surface area contributed by atoms with Crippen LogP contribution in [0.3, 0.4) is 0 Å². The number of aromatic hydroxyl groups is 1. The standard InChI is InChI=1S/C31H41ClN2O5S/c1-3-28(40(38,39)23-14-10-11-21(2)17-23)29(36)33-25-19-27(35)26(18-24(25)32)34-30(37)31(15-8-5-9-16-31)20-22-12-6-4-7-13-22/h10-11,14,17-19,22,28,35H,3-9,12-13,15-16,20H2,1-2H3,(H,33,36)(H,34,37). The number of phenols is 1. The van der Waals surface area contributed by atoms with Gasteiger partial charge in [0.1, 0.15) is 11.0 Å². The minimum Gasteiger partial charge on any atom is -0.506 e. The minimum absolute atomic E-state index is 0.0585. The van der Waals surface area contributed by atoms with Gasteiger partial charge in [0.25, 0.3) is 0 Å². The van der Waals surface area contributed by atoms with Gasteiger partial charge in [0.2, 0.25) is 11.8 Å². The largest absolute Gasteiger partial charge is 0.506 e. The highest BCUT2D eigenvalue weighted by atomic mass is 35.5. The number of hydrogen-bond donors (Lipinski definition) is 3. The van der Waals surface area contributed by atoms with Gasteiger partial charge in [0, 0.05) is 11.5 Å². The normalized spacial score (nSPS) is 18.6. The van der Waals surface area contributed by atoms with Crippen LogP contribution in [0.4, 0.5) is 11.4 Å². The minimum atomic E-state index is -3.95. The first kappa shape index (κ1) is 30.4. The number of carbonyl (C=O) groups excluding carboxylic acids is 2. The van der Waals surface area contributed by atoms with E-state index in [0.717, 1.165) is 44.1 Å². The zero-order valence-corrected chi connectivity index (χ0v) is 25.0. The van der Waals surface area contributed by atoms with Crippen LogP contribution >= 0.6 is 11.6 Å². The van der Waals surface area contributed by atoms with Gasteiger partial charge in [-0.3, -0.25) is 9.59 Å². The number of hydrogen-bond acceptors (Lipinski definition) is 5. The Morgan fingerprint density at radius 3 is 2.33 bits per heavy atom. The summed E-state index contributed by atoms with van der Waals surface area (Å²) >= 11 is 6.48. The summed E-state index contributed by atoms with van der Waals surface area (Å²) in [4.78, 5) is 26.9. The highest BCUT2D eigenvalue weighted by Gasteiger charge is 2.41. The monoisotopic (exact) mass is 588 g/mol. The number of anilines is 2. The van der Waals surface area contributed by atoms with Crippen LogP contribution in [-0.2, 0) is 19.4 Å². The second kappa shape index (κ2) is 12.9. The molecule has 0 aromatic heterocycles. The Balaban J connectivity index is 1.50. The van der Waals surface area contributed by atoms with Crippen molar-refractivity contribution in [2.24, 2.45) is 11.3 Å². The van der Waals surface area contributed by atoms with Crippen molar-refractivity contribution in [2.45, 2.75) is 101 Å².